The van der Waals surface area contributed by atoms with E-state index in [4.69, 9.17) is 19.0 Å². The van der Waals surface area contributed by atoms with Gasteiger partial charge in [0.25, 0.3) is 5.90 Å². The number of oxime groups is 1. The number of ether oxygens (including phenoxy) is 3. The van der Waals surface area contributed by atoms with Crippen molar-refractivity contribution in [2.45, 2.75) is 50.9 Å². The largest absolute Gasteiger partial charge is 0.470 e. The van der Waals surface area contributed by atoms with Gasteiger partial charge in [-0.2, -0.15) is 0 Å². The van der Waals surface area contributed by atoms with Crippen LogP contribution in [-0.2, 0) is 32.3 Å². The van der Waals surface area contributed by atoms with Crippen molar-refractivity contribution in [1.29, 1.82) is 0 Å². The molecule has 0 saturated heterocycles. The third-order valence-electron chi connectivity index (χ3n) is 8.30. The highest BCUT2D eigenvalue weighted by atomic mass is 16.6. The molecule has 1 aliphatic rings. The molecule has 0 aliphatic heterocycles. The molecular weight excluding hydrogens is 602 g/mol. The fourth-order valence-electron chi connectivity index (χ4n) is 5.73. The number of hydrogen-bond acceptors (Lipinski definition) is 7. The van der Waals surface area contributed by atoms with E-state index in [0.29, 0.717) is 42.2 Å². The van der Waals surface area contributed by atoms with E-state index in [1.54, 1.807) is 36.4 Å². The molecule has 7 nitrogen and oxygen atoms in total. The van der Waals surface area contributed by atoms with Gasteiger partial charge in [0.15, 0.2) is 0 Å². The predicted molar refractivity (Wildman–Crippen MR) is 184 cm³/mol. The van der Waals surface area contributed by atoms with E-state index in [9.17, 15) is 9.59 Å². The highest BCUT2D eigenvalue weighted by Gasteiger charge is 2.45. The van der Waals surface area contributed by atoms with Gasteiger partial charge in [-0.1, -0.05) is 116 Å². The van der Waals surface area contributed by atoms with Crippen molar-refractivity contribution in [1.82, 2.24) is 0 Å². The van der Waals surface area contributed by atoms with Crippen LogP contribution in [0.3, 0.4) is 0 Å². The van der Waals surface area contributed by atoms with Crippen LogP contribution in [0.1, 0.15) is 59.2 Å². The smallest absolute Gasteiger partial charge is 0.356 e. The highest BCUT2D eigenvalue weighted by molar-refractivity contribution is 5.99. The maximum absolute atomic E-state index is 13.8. The van der Waals surface area contributed by atoms with Gasteiger partial charge in [-0.05, 0) is 83.4 Å². The summed E-state index contributed by atoms with van der Waals surface area (Å²) in [4.78, 5) is 33.1. The molecule has 0 heterocycles. The number of nitrogens with zero attached hydrogens (tertiary/aromatic N) is 1. The fraction of sp³-hybridized carbons (Fsp3) is 0.195. The average molecular weight is 640 g/mol. The minimum atomic E-state index is -1.38. The molecule has 0 radical (unpaired) electrons. The second-order valence-electron chi connectivity index (χ2n) is 11.7. The molecule has 5 aromatic carbocycles. The summed E-state index contributed by atoms with van der Waals surface area (Å²) < 4.78 is 18.1. The SMILES string of the molecule is O=C(OC1(C(=O)Oc2ccc(C(=NOCc3ccccc3)OCc3ccccc3)cc2)CCCCC1)c1ccccc1-c1ccccc1. The first-order chi connectivity index (χ1) is 23.6. The van der Waals surface area contributed by atoms with Crippen LogP contribution in [0.4, 0.5) is 0 Å². The Hall–Kier alpha value is -5.69. The Balaban J connectivity index is 1.17. The van der Waals surface area contributed by atoms with Gasteiger partial charge in [0, 0.05) is 5.56 Å². The zero-order valence-corrected chi connectivity index (χ0v) is 26.6. The first-order valence-corrected chi connectivity index (χ1v) is 16.2. The van der Waals surface area contributed by atoms with Gasteiger partial charge in [-0.3, -0.25) is 0 Å². The second kappa shape index (κ2) is 15.7. The lowest BCUT2D eigenvalue weighted by Gasteiger charge is -2.34. The van der Waals surface area contributed by atoms with Gasteiger partial charge >= 0.3 is 11.9 Å². The zero-order valence-electron chi connectivity index (χ0n) is 26.6. The molecule has 1 fully saturated rings. The van der Waals surface area contributed by atoms with Crippen LogP contribution in [0.25, 0.3) is 11.1 Å². The van der Waals surface area contributed by atoms with Crippen LogP contribution in [0.15, 0.2) is 145 Å². The Morgan fingerprint density at radius 3 is 1.88 bits per heavy atom. The molecule has 0 aromatic heterocycles. The standard InChI is InChI=1S/C41H37NO6/c43-39(37-22-12-11-21-36(37)33-19-9-3-10-20-33)48-41(27-13-4-14-28-41)40(44)47-35-25-23-34(24-26-35)38(45-29-31-15-5-1-6-16-31)42-46-30-32-17-7-2-8-18-32/h1-3,5-12,15-26H,4,13-14,27-30H2. The van der Waals surface area contributed by atoms with Crippen molar-refractivity contribution >= 4 is 17.8 Å². The fourth-order valence-corrected chi connectivity index (χ4v) is 5.73. The molecule has 48 heavy (non-hydrogen) atoms. The molecule has 0 unspecified atom stereocenters. The van der Waals surface area contributed by atoms with E-state index in [1.165, 1.54) is 0 Å². The van der Waals surface area contributed by atoms with Crippen molar-refractivity contribution < 1.29 is 28.6 Å². The molecule has 0 N–H and O–H groups in total. The molecule has 5 aromatic rings. The van der Waals surface area contributed by atoms with E-state index >= 15 is 0 Å². The highest BCUT2D eigenvalue weighted by Crippen LogP contribution is 2.35. The monoisotopic (exact) mass is 639 g/mol. The lowest BCUT2D eigenvalue weighted by molar-refractivity contribution is -0.159. The molecular formula is C41H37NO6. The van der Waals surface area contributed by atoms with Crippen molar-refractivity contribution in [2.75, 3.05) is 0 Å². The van der Waals surface area contributed by atoms with E-state index in [1.807, 2.05) is 103 Å². The summed E-state index contributed by atoms with van der Waals surface area (Å²) in [6.45, 7) is 0.581. The number of hydrogen-bond donors (Lipinski definition) is 0. The normalized spacial score (nSPS) is 14.0. The lowest BCUT2D eigenvalue weighted by Crippen LogP contribution is -2.47. The number of carbonyl (C=O) groups excluding carboxylic acids is 2. The van der Waals surface area contributed by atoms with Gasteiger partial charge in [0.1, 0.15) is 19.0 Å². The van der Waals surface area contributed by atoms with Crippen LogP contribution < -0.4 is 4.74 Å². The van der Waals surface area contributed by atoms with E-state index in [0.717, 1.165) is 41.5 Å². The van der Waals surface area contributed by atoms with Crippen LogP contribution in [0.2, 0.25) is 0 Å². The molecule has 6 rings (SSSR count). The second-order valence-corrected chi connectivity index (χ2v) is 11.7. The van der Waals surface area contributed by atoms with Crippen LogP contribution in [-0.4, -0.2) is 23.4 Å². The number of carbonyl (C=O) groups is 2. The molecule has 0 atom stereocenters. The van der Waals surface area contributed by atoms with E-state index in [-0.39, 0.29) is 6.61 Å². The zero-order chi connectivity index (χ0) is 33.0. The van der Waals surface area contributed by atoms with Crippen LogP contribution >= 0.6 is 0 Å². The van der Waals surface area contributed by atoms with Gasteiger partial charge in [-0.25, -0.2) is 9.59 Å². The molecule has 242 valence electrons. The number of benzene rings is 5. The minimum absolute atomic E-state index is 0.283. The van der Waals surface area contributed by atoms with Gasteiger partial charge in [0.2, 0.25) is 5.60 Å². The molecule has 1 saturated carbocycles. The predicted octanol–water partition coefficient (Wildman–Crippen LogP) is 8.91. The summed E-state index contributed by atoms with van der Waals surface area (Å²) in [7, 11) is 0. The Labute approximate surface area is 280 Å². The summed E-state index contributed by atoms with van der Waals surface area (Å²) in [5.41, 5.74) is 3.28. The third-order valence-corrected chi connectivity index (χ3v) is 8.30. The lowest BCUT2D eigenvalue weighted by atomic mass is 9.84. The van der Waals surface area contributed by atoms with Crippen LogP contribution in [0.5, 0.6) is 5.75 Å². The van der Waals surface area contributed by atoms with Gasteiger partial charge in [-0.15, -0.1) is 0 Å². The Morgan fingerprint density at radius 1 is 0.625 bits per heavy atom. The Kier molecular flexibility index (Phi) is 10.6. The van der Waals surface area contributed by atoms with Crippen LogP contribution in [0, 0.1) is 0 Å². The molecule has 0 spiro atoms. The molecule has 1 aliphatic carbocycles. The van der Waals surface area contributed by atoms with Crippen molar-refractivity contribution in [3.63, 3.8) is 0 Å². The van der Waals surface area contributed by atoms with Gasteiger partial charge in [0.05, 0.1) is 5.56 Å². The summed E-state index contributed by atoms with van der Waals surface area (Å²) in [5, 5.41) is 4.30. The molecule has 7 heteroatoms. The van der Waals surface area contributed by atoms with E-state index in [2.05, 4.69) is 5.16 Å². The first kappa shape index (κ1) is 32.3. The Bertz CT molecular complexity index is 1820. The first-order valence-electron chi connectivity index (χ1n) is 16.2. The molecule has 0 amide bonds. The maximum atomic E-state index is 13.8. The number of esters is 2. The van der Waals surface area contributed by atoms with Crippen molar-refractivity contribution in [3.05, 3.63) is 162 Å². The number of rotatable bonds is 11. The van der Waals surface area contributed by atoms with E-state index < -0.39 is 17.5 Å². The van der Waals surface area contributed by atoms with Gasteiger partial charge < -0.3 is 19.0 Å². The summed E-state index contributed by atoms with van der Waals surface area (Å²) in [6.07, 6.45) is 3.25. The van der Waals surface area contributed by atoms with Crippen molar-refractivity contribution in [2.24, 2.45) is 5.16 Å². The van der Waals surface area contributed by atoms with Crippen molar-refractivity contribution in [3.8, 4) is 16.9 Å². The average Bonchev–Trinajstić information content (AvgIpc) is 3.15. The minimum Gasteiger partial charge on any atom is -0.470 e. The summed E-state index contributed by atoms with van der Waals surface area (Å²) >= 11 is 0. The quantitative estimate of drug-likeness (QED) is 0.0472. The maximum Gasteiger partial charge on any atom is 0.356 e. The molecule has 0 bridgehead atoms. The third kappa shape index (κ3) is 8.17. The topological polar surface area (TPSA) is 83.4 Å². The Morgan fingerprint density at radius 2 is 1.21 bits per heavy atom. The summed E-state index contributed by atoms with van der Waals surface area (Å²) in [5.74, 6) is -0.513. The summed E-state index contributed by atoms with van der Waals surface area (Å²) in [6, 6.07) is 43.3.